The van der Waals surface area contributed by atoms with Crippen LogP contribution in [0.15, 0.2) is 12.1 Å². The summed E-state index contributed by atoms with van der Waals surface area (Å²) in [6.45, 7) is 13.0. The summed E-state index contributed by atoms with van der Waals surface area (Å²) in [6.07, 6.45) is 0. The fraction of sp³-hybridized carbons (Fsp3) is 0.364. The van der Waals surface area contributed by atoms with Gasteiger partial charge in [0.15, 0.2) is 0 Å². The zero-order valence-electron chi connectivity index (χ0n) is 8.50. The van der Waals surface area contributed by atoms with Gasteiger partial charge in [-0.3, -0.25) is 0 Å². The van der Waals surface area contributed by atoms with Crippen molar-refractivity contribution in [3.63, 3.8) is 0 Å². The highest BCUT2D eigenvalue weighted by Crippen LogP contribution is 2.25. The van der Waals surface area contributed by atoms with E-state index in [1.54, 1.807) is 12.1 Å². The van der Waals surface area contributed by atoms with Crippen LogP contribution < -0.4 is 0 Å². The molecule has 0 aliphatic rings. The van der Waals surface area contributed by atoms with Gasteiger partial charge in [-0.25, -0.2) is 0 Å². The van der Waals surface area contributed by atoms with Gasteiger partial charge in [0, 0.05) is 6.07 Å². The third kappa shape index (κ3) is 2.08. The number of nitriles is 1. The van der Waals surface area contributed by atoms with Crippen molar-refractivity contribution in [2.24, 2.45) is 0 Å². The Balaban J connectivity index is 3.36. The lowest BCUT2D eigenvalue weighted by molar-refractivity contribution is 0.589. The van der Waals surface area contributed by atoms with Gasteiger partial charge in [0.1, 0.15) is 6.07 Å². The van der Waals surface area contributed by atoms with Crippen LogP contribution in [0.25, 0.3) is 4.85 Å². The molecule has 0 aliphatic carbocycles. The summed E-state index contributed by atoms with van der Waals surface area (Å²) in [5, 5.41) is 8.73. The monoisotopic (exact) mass is 185 g/mol. The number of aromatic nitrogens is 1. The molecule has 1 rings (SSSR count). The first-order valence-corrected chi connectivity index (χ1v) is 4.27. The van der Waals surface area contributed by atoms with E-state index in [0.717, 1.165) is 5.56 Å². The number of nitrogens with zero attached hydrogens (tertiary/aromatic N) is 3. The minimum Gasteiger partial charge on any atom is -0.361 e. The lowest BCUT2D eigenvalue weighted by Gasteiger charge is -2.18. The predicted molar refractivity (Wildman–Crippen MR) is 53.9 cm³/mol. The van der Waals surface area contributed by atoms with Gasteiger partial charge < -0.3 is 4.85 Å². The summed E-state index contributed by atoms with van der Waals surface area (Å²) in [4.78, 5) is 7.11. The second kappa shape index (κ2) is 3.47. The van der Waals surface area contributed by atoms with Crippen molar-refractivity contribution in [1.82, 2.24) is 4.98 Å². The van der Waals surface area contributed by atoms with Crippen LogP contribution in [-0.4, -0.2) is 4.98 Å². The molecule has 0 aliphatic heterocycles. The molecule has 0 spiro atoms. The second-order valence-corrected chi connectivity index (χ2v) is 4.07. The van der Waals surface area contributed by atoms with Crippen molar-refractivity contribution in [2.75, 3.05) is 0 Å². The van der Waals surface area contributed by atoms with Crippen molar-refractivity contribution < 1.29 is 0 Å². The average Bonchev–Trinajstić information content (AvgIpc) is 2.15. The summed E-state index contributed by atoms with van der Waals surface area (Å²) in [7, 11) is 0. The van der Waals surface area contributed by atoms with Gasteiger partial charge in [-0.2, -0.15) is 5.26 Å². The first-order chi connectivity index (χ1) is 6.47. The van der Waals surface area contributed by atoms with Crippen molar-refractivity contribution in [3.8, 4) is 6.07 Å². The molecule has 0 N–H and O–H groups in total. The van der Waals surface area contributed by atoms with Crippen molar-refractivity contribution >= 4 is 5.82 Å². The molecule has 0 bridgehead atoms. The zero-order valence-corrected chi connectivity index (χ0v) is 8.50. The Hall–Kier alpha value is -1.87. The van der Waals surface area contributed by atoms with Crippen LogP contribution in [0.2, 0.25) is 0 Å². The highest BCUT2D eigenvalue weighted by Gasteiger charge is 2.16. The summed E-state index contributed by atoms with van der Waals surface area (Å²) in [5.74, 6) is 0.286. The minimum atomic E-state index is -0.0615. The molecule has 1 aromatic rings. The Morgan fingerprint density at radius 2 is 2.07 bits per heavy atom. The summed E-state index contributed by atoms with van der Waals surface area (Å²) < 4.78 is 0. The lowest BCUT2D eigenvalue weighted by Crippen LogP contribution is -2.11. The minimum absolute atomic E-state index is 0.0615. The lowest BCUT2D eigenvalue weighted by atomic mass is 9.87. The van der Waals surface area contributed by atoms with Gasteiger partial charge in [-0.05, 0) is 17.0 Å². The van der Waals surface area contributed by atoms with E-state index in [1.807, 2.05) is 26.8 Å². The first kappa shape index (κ1) is 10.2. The van der Waals surface area contributed by atoms with Gasteiger partial charge in [0.25, 0.3) is 5.82 Å². The molecule has 70 valence electrons. The maximum atomic E-state index is 8.73. The van der Waals surface area contributed by atoms with E-state index in [-0.39, 0.29) is 11.2 Å². The van der Waals surface area contributed by atoms with E-state index in [1.165, 1.54) is 0 Å². The van der Waals surface area contributed by atoms with E-state index in [0.29, 0.717) is 5.69 Å². The van der Waals surface area contributed by atoms with E-state index in [4.69, 9.17) is 11.8 Å². The molecule has 0 fully saturated rings. The molecule has 0 atom stereocenters. The van der Waals surface area contributed by atoms with Gasteiger partial charge in [0.2, 0.25) is 5.69 Å². The summed E-state index contributed by atoms with van der Waals surface area (Å²) in [5.41, 5.74) is 1.21. The molecule has 14 heavy (non-hydrogen) atoms. The van der Waals surface area contributed by atoms with E-state index in [9.17, 15) is 0 Å². The maximum absolute atomic E-state index is 8.73. The van der Waals surface area contributed by atoms with Gasteiger partial charge >= 0.3 is 0 Å². The Morgan fingerprint density at radius 3 is 2.50 bits per heavy atom. The molecule has 0 saturated heterocycles. The van der Waals surface area contributed by atoms with E-state index in [2.05, 4.69) is 9.83 Å². The molecule has 0 radical (unpaired) electrons. The van der Waals surface area contributed by atoms with Crippen LogP contribution in [-0.2, 0) is 5.41 Å². The molecule has 0 aromatic carbocycles. The topological polar surface area (TPSA) is 41.0 Å². The van der Waals surface area contributed by atoms with Crippen molar-refractivity contribution in [2.45, 2.75) is 26.2 Å². The number of pyridine rings is 1. The SMILES string of the molecule is [C-]#[N+]c1cc(C(C)(C)C)cc(C#N)n1. The fourth-order valence-electron chi connectivity index (χ4n) is 1.06. The van der Waals surface area contributed by atoms with Crippen molar-refractivity contribution in [3.05, 3.63) is 34.8 Å². The van der Waals surface area contributed by atoms with Crippen LogP contribution in [0, 0.1) is 17.9 Å². The van der Waals surface area contributed by atoms with Crippen LogP contribution >= 0.6 is 0 Å². The predicted octanol–water partition coefficient (Wildman–Crippen LogP) is 2.80. The molecule has 0 amide bonds. The molecule has 3 heteroatoms. The molecule has 1 heterocycles. The molecule has 3 nitrogen and oxygen atoms in total. The van der Waals surface area contributed by atoms with E-state index >= 15 is 0 Å². The standard InChI is InChI=1S/C11H11N3/c1-11(2,3)8-5-9(7-12)14-10(6-8)13-4/h5-6H,1-3H3. The first-order valence-electron chi connectivity index (χ1n) is 4.27. The molecular formula is C11H11N3. The van der Waals surface area contributed by atoms with E-state index < -0.39 is 0 Å². The maximum Gasteiger partial charge on any atom is 0.271 e. The normalized spacial score (nSPS) is 10.4. The quantitative estimate of drug-likeness (QED) is 0.583. The molecule has 0 unspecified atom stereocenters. The van der Waals surface area contributed by atoms with Crippen LogP contribution in [0.3, 0.4) is 0 Å². The van der Waals surface area contributed by atoms with Gasteiger partial charge in [0.05, 0.1) is 0 Å². The van der Waals surface area contributed by atoms with Crippen LogP contribution in [0.5, 0.6) is 0 Å². The highest BCUT2D eigenvalue weighted by molar-refractivity contribution is 5.45. The average molecular weight is 185 g/mol. The van der Waals surface area contributed by atoms with Gasteiger partial charge in [-0.15, -0.1) is 4.98 Å². The Kier molecular flexibility index (Phi) is 2.53. The third-order valence-corrected chi connectivity index (χ3v) is 1.91. The second-order valence-electron chi connectivity index (χ2n) is 4.07. The zero-order chi connectivity index (χ0) is 10.8. The number of hydrogen-bond acceptors (Lipinski definition) is 2. The van der Waals surface area contributed by atoms with Gasteiger partial charge in [-0.1, -0.05) is 27.3 Å². The number of rotatable bonds is 0. The summed E-state index contributed by atoms with van der Waals surface area (Å²) in [6, 6.07) is 5.42. The molecular weight excluding hydrogens is 174 g/mol. The van der Waals surface area contributed by atoms with Crippen molar-refractivity contribution in [1.29, 1.82) is 5.26 Å². The molecule has 1 aromatic heterocycles. The Bertz CT molecular complexity index is 395. The Morgan fingerprint density at radius 1 is 1.43 bits per heavy atom. The summed E-state index contributed by atoms with van der Waals surface area (Å²) >= 11 is 0. The molecule has 0 saturated carbocycles. The largest absolute Gasteiger partial charge is 0.361 e. The third-order valence-electron chi connectivity index (χ3n) is 1.91. The number of hydrogen-bond donors (Lipinski definition) is 0. The highest BCUT2D eigenvalue weighted by atomic mass is 14.9. The van der Waals surface area contributed by atoms with Crippen LogP contribution in [0.1, 0.15) is 32.0 Å². The fourth-order valence-corrected chi connectivity index (χ4v) is 1.06. The smallest absolute Gasteiger partial charge is 0.271 e. The Labute approximate surface area is 83.8 Å². The van der Waals surface area contributed by atoms with Crippen LogP contribution in [0.4, 0.5) is 5.82 Å².